The number of nitrogens with two attached hydrogens (primary N) is 1. The van der Waals surface area contributed by atoms with Gasteiger partial charge in [0.05, 0.1) is 5.69 Å². The summed E-state index contributed by atoms with van der Waals surface area (Å²) in [6, 6.07) is 7.66. The van der Waals surface area contributed by atoms with Crippen molar-refractivity contribution in [3.05, 3.63) is 48.0 Å². The molecule has 21 heavy (non-hydrogen) atoms. The van der Waals surface area contributed by atoms with E-state index in [9.17, 15) is 9.18 Å². The molecule has 1 saturated heterocycles. The third-order valence-corrected chi connectivity index (χ3v) is 3.81. The van der Waals surface area contributed by atoms with Crippen LogP contribution in [0.15, 0.2) is 36.5 Å². The third kappa shape index (κ3) is 2.80. The van der Waals surface area contributed by atoms with Crippen LogP contribution in [0.1, 0.15) is 16.9 Å². The molecule has 1 unspecified atom stereocenters. The van der Waals surface area contributed by atoms with E-state index < -0.39 is 0 Å². The maximum Gasteiger partial charge on any atom is 0.274 e. The Labute approximate surface area is 122 Å². The Kier molecular flexibility index (Phi) is 3.70. The predicted molar refractivity (Wildman–Crippen MR) is 76.6 cm³/mol. The first kappa shape index (κ1) is 13.8. The van der Waals surface area contributed by atoms with Crippen LogP contribution in [0.2, 0.25) is 0 Å². The first-order valence-electron chi connectivity index (χ1n) is 6.98. The van der Waals surface area contributed by atoms with Crippen LogP contribution in [0.25, 0.3) is 5.69 Å². The molecule has 0 saturated carbocycles. The molecule has 1 aliphatic heterocycles. The Morgan fingerprint density at radius 1 is 1.33 bits per heavy atom. The molecule has 0 aliphatic carbocycles. The monoisotopic (exact) mass is 288 g/mol. The quantitative estimate of drug-likeness (QED) is 0.929. The fourth-order valence-corrected chi connectivity index (χ4v) is 2.55. The minimum absolute atomic E-state index is 0.0770. The summed E-state index contributed by atoms with van der Waals surface area (Å²) in [5.74, 6) is 0.00652. The Bertz CT molecular complexity index is 637. The van der Waals surface area contributed by atoms with E-state index in [1.54, 1.807) is 34.0 Å². The van der Waals surface area contributed by atoms with Crippen LogP contribution >= 0.6 is 0 Å². The summed E-state index contributed by atoms with van der Waals surface area (Å²) < 4.78 is 14.5. The molecule has 1 atom stereocenters. The van der Waals surface area contributed by atoms with Gasteiger partial charge >= 0.3 is 0 Å². The second-order valence-electron chi connectivity index (χ2n) is 5.26. The van der Waals surface area contributed by atoms with Gasteiger partial charge in [0, 0.05) is 19.3 Å². The number of benzene rings is 1. The maximum atomic E-state index is 12.9. The topological polar surface area (TPSA) is 64.2 Å². The lowest BCUT2D eigenvalue weighted by atomic mass is 10.1. The molecule has 2 N–H and O–H groups in total. The summed E-state index contributed by atoms with van der Waals surface area (Å²) in [5, 5.41) is 4.28. The number of rotatable bonds is 3. The normalized spacial score (nSPS) is 18.2. The smallest absolute Gasteiger partial charge is 0.274 e. The van der Waals surface area contributed by atoms with E-state index in [1.807, 2.05) is 0 Å². The fraction of sp³-hybridized carbons (Fsp3) is 0.333. The van der Waals surface area contributed by atoms with Gasteiger partial charge in [-0.1, -0.05) is 0 Å². The highest BCUT2D eigenvalue weighted by Gasteiger charge is 2.27. The fourth-order valence-electron chi connectivity index (χ4n) is 2.55. The Hall–Kier alpha value is -2.21. The number of carbonyl (C=O) groups is 1. The molecule has 110 valence electrons. The summed E-state index contributed by atoms with van der Waals surface area (Å²) in [7, 11) is 0. The predicted octanol–water partition coefficient (Wildman–Crippen LogP) is 1.43. The van der Waals surface area contributed by atoms with Crippen molar-refractivity contribution in [3.63, 3.8) is 0 Å². The number of aromatic nitrogens is 2. The Morgan fingerprint density at radius 2 is 2.10 bits per heavy atom. The number of carbonyl (C=O) groups excluding carboxylic acids is 1. The van der Waals surface area contributed by atoms with E-state index in [1.165, 1.54) is 12.1 Å². The number of hydrogen-bond acceptors (Lipinski definition) is 3. The SMILES string of the molecule is NCC1CCN(C(=O)c2ccn(-c3ccc(F)cc3)n2)C1. The minimum atomic E-state index is -0.299. The van der Waals surface area contributed by atoms with E-state index in [2.05, 4.69) is 5.10 Å². The van der Waals surface area contributed by atoms with Gasteiger partial charge in [0.25, 0.3) is 5.91 Å². The summed E-state index contributed by atoms with van der Waals surface area (Å²) >= 11 is 0. The largest absolute Gasteiger partial charge is 0.337 e. The molecular weight excluding hydrogens is 271 g/mol. The van der Waals surface area contributed by atoms with Gasteiger partial charge in [-0.2, -0.15) is 5.10 Å². The zero-order chi connectivity index (χ0) is 14.8. The van der Waals surface area contributed by atoms with Crippen LogP contribution in [0.3, 0.4) is 0 Å². The van der Waals surface area contributed by atoms with Crippen molar-refractivity contribution in [1.82, 2.24) is 14.7 Å². The highest BCUT2D eigenvalue weighted by molar-refractivity contribution is 5.92. The van der Waals surface area contributed by atoms with Gasteiger partial charge in [-0.15, -0.1) is 0 Å². The van der Waals surface area contributed by atoms with Crippen LogP contribution in [0, 0.1) is 11.7 Å². The zero-order valence-electron chi connectivity index (χ0n) is 11.6. The lowest BCUT2D eigenvalue weighted by Gasteiger charge is -2.14. The minimum Gasteiger partial charge on any atom is -0.337 e. The first-order chi connectivity index (χ1) is 10.2. The number of hydrogen-bond donors (Lipinski definition) is 1. The second-order valence-corrected chi connectivity index (χ2v) is 5.26. The van der Waals surface area contributed by atoms with Gasteiger partial charge in [0.2, 0.25) is 0 Å². The van der Waals surface area contributed by atoms with Crippen LogP contribution in [0.5, 0.6) is 0 Å². The highest BCUT2D eigenvalue weighted by Crippen LogP contribution is 2.17. The summed E-state index contributed by atoms with van der Waals surface area (Å²) in [6.45, 7) is 2.02. The number of halogens is 1. The van der Waals surface area contributed by atoms with Crippen molar-refractivity contribution >= 4 is 5.91 Å². The van der Waals surface area contributed by atoms with Crippen molar-refractivity contribution < 1.29 is 9.18 Å². The molecule has 1 aromatic heterocycles. The number of amides is 1. The van der Waals surface area contributed by atoms with E-state index in [0.29, 0.717) is 24.7 Å². The van der Waals surface area contributed by atoms with Crippen molar-refractivity contribution in [2.45, 2.75) is 6.42 Å². The molecule has 1 fully saturated rings. The van der Waals surface area contributed by atoms with Crippen LogP contribution in [-0.4, -0.2) is 40.2 Å². The van der Waals surface area contributed by atoms with E-state index in [4.69, 9.17) is 5.73 Å². The summed E-state index contributed by atoms with van der Waals surface area (Å²) in [4.78, 5) is 14.1. The molecule has 0 radical (unpaired) electrons. The van der Waals surface area contributed by atoms with Gasteiger partial charge in [0.15, 0.2) is 5.69 Å². The molecule has 2 heterocycles. The van der Waals surface area contributed by atoms with Crippen molar-refractivity contribution in [3.8, 4) is 5.69 Å². The van der Waals surface area contributed by atoms with E-state index in [-0.39, 0.29) is 11.7 Å². The molecule has 2 aromatic rings. The molecule has 0 bridgehead atoms. The van der Waals surface area contributed by atoms with Crippen LogP contribution in [-0.2, 0) is 0 Å². The number of likely N-dealkylation sites (tertiary alicyclic amines) is 1. The Balaban J connectivity index is 1.75. The average molecular weight is 288 g/mol. The van der Waals surface area contributed by atoms with E-state index in [0.717, 1.165) is 18.7 Å². The molecular formula is C15H17FN4O. The molecule has 0 spiro atoms. The van der Waals surface area contributed by atoms with Gasteiger partial charge in [-0.05, 0) is 49.2 Å². The van der Waals surface area contributed by atoms with Crippen molar-refractivity contribution in [2.24, 2.45) is 11.7 Å². The van der Waals surface area contributed by atoms with Crippen molar-refractivity contribution in [2.75, 3.05) is 19.6 Å². The van der Waals surface area contributed by atoms with Gasteiger partial charge in [0.1, 0.15) is 5.82 Å². The van der Waals surface area contributed by atoms with Gasteiger partial charge in [-0.3, -0.25) is 4.79 Å². The lowest BCUT2D eigenvalue weighted by Crippen LogP contribution is -2.30. The molecule has 5 nitrogen and oxygen atoms in total. The molecule has 1 aromatic carbocycles. The zero-order valence-corrected chi connectivity index (χ0v) is 11.6. The van der Waals surface area contributed by atoms with Crippen LogP contribution < -0.4 is 5.73 Å². The highest BCUT2D eigenvalue weighted by atomic mass is 19.1. The Morgan fingerprint density at radius 3 is 2.76 bits per heavy atom. The lowest BCUT2D eigenvalue weighted by molar-refractivity contribution is 0.0781. The summed E-state index contributed by atoms with van der Waals surface area (Å²) in [6.07, 6.45) is 2.65. The average Bonchev–Trinajstić information content (AvgIpc) is 3.16. The number of nitrogens with zero attached hydrogens (tertiary/aromatic N) is 3. The molecule has 6 heteroatoms. The maximum absolute atomic E-state index is 12.9. The third-order valence-electron chi connectivity index (χ3n) is 3.81. The second kappa shape index (κ2) is 5.65. The van der Waals surface area contributed by atoms with Crippen molar-refractivity contribution in [1.29, 1.82) is 0 Å². The van der Waals surface area contributed by atoms with Gasteiger partial charge in [-0.25, -0.2) is 9.07 Å². The molecule has 1 aliphatic rings. The van der Waals surface area contributed by atoms with Crippen LogP contribution in [0.4, 0.5) is 4.39 Å². The molecule has 1 amide bonds. The first-order valence-corrected chi connectivity index (χ1v) is 6.98. The molecule has 3 rings (SSSR count). The van der Waals surface area contributed by atoms with E-state index >= 15 is 0 Å². The standard InChI is InChI=1S/C15H17FN4O/c16-12-1-3-13(4-2-12)20-8-6-14(18-20)15(21)19-7-5-11(9-17)10-19/h1-4,6,8,11H,5,7,9-10,17H2. The summed E-state index contributed by atoms with van der Waals surface area (Å²) in [5.41, 5.74) is 6.76. The van der Waals surface area contributed by atoms with Gasteiger partial charge < -0.3 is 10.6 Å².